The number of aryl methyl sites for hydroxylation is 1. The maximum absolute atomic E-state index is 14.0. The third kappa shape index (κ3) is 2.05. The SMILES string of the molecule is Cc1cccc(-c2onc(N)c2-c2ccccc2F)c1. The van der Waals surface area contributed by atoms with Gasteiger partial charge in [-0.25, -0.2) is 4.39 Å². The summed E-state index contributed by atoms with van der Waals surface area (Å²) in [5.74, 6) is 0.319. The normalized spacial score (nSPS) is 10.7. The van der Waals surface area contributed by atoms with Crippen molar-refractivity contribution in [2.45, 2.75) is 6.92 Å². The Morgan fingerprint density at radius 2 is 1.90 bits per heavy atom. The van der Waals surface area contributed by atoms with Gasteiger partial charge in [-0.3, -0.25) is 0 Å². The van der Waals surface area contributed by atoms with Crippen LogP contribution >= 0.6 is 0 Å². The summed E-state index contributed by atoms with van der Waals surface area (Å²) in [4.78, 5) is 0. The van der Waals surface area contributed by atoms with E-state index in [1.165, 1.54) is 6.07 Å². The van der Waals surface area contributed by atoms with Crippen LogP contribution in [0.1, 0.15) is 5.56 Å². The third-order valence-electron chi connectivity index (χ3n) is 3.14. The summed E-state index contributed by atoms with van der Waals surface area (Å²) in [6.45, 7) is 1.98. The smallest absolute Gasteiger partial charge is 0.177 e. The molecule has 4 heteroatoms. The second-order valence-corrected chi connectivity index (χ2v) is 4.62. The lowest BCUT2D eigenvalue weighted by molar-refractivity contribution is 0.436. The highest BCUT2D eigenvalue weighted by atomic mass is 19.1. The minimum atomic E-state index is -0.351. The average Bonchev–Trinajstić information content (AvgIpc) is 2.81. The Labute approximate surface area is 115 Å². The van der Waals surface area contributed by atoms with Crippen molar-refractivity contribution in [1.82, 2.24) is 5.16 Å². The molecule has 100 valence electrons. The van der Waals surface area contributed by atoms with E-state index in [9.17, 15) is 4.39 Å². The average molecular weight is 268 g/mol. The molecule has 20 heavy (non-hydrogen) atoms. The highest BCUT2D eigenvalue weighted by Crippen LogP contribution is 2.37. The van der Waals surface area contributed by atoms with E-state index < -0.39 is 0 Å². The van der Waals surface area contributed by atoms with Gasteiger partial charge in [0.15, 0.2) is 11.6 Å². The monoisotopic (exact) mass is 268 g/mol. The number of nitrogens with two attached hydrogens (primary N) is 1. The van der Waals surface area contributed by atoms with Crippen LogP contribution in [0.3, 0.4) is 0 Å². The van der Waals surface area contributed by atoms with E-state index >= 15 is 0 Å². The number of halogens is 1. The lowest BCUT2D eigenvalue weighted by atomic mass is 10.00. The summed E-state index contributed by atoms with van der Waals surface area (Å²) in [5.41, 5.74) is 8.64. The molecule has 0 bridgehead atoms. The molecule has 0 aliphatic carbocycles. The third-order valence-corrected chi connectivity index (χ3v) is 3.14. The Kier molecular flexibility index (Phi) is 2.99. The van der Waals surface area contributed by atoms with Gasteiger partial charge in [-0.15, -0.1) is 0 Å². The van der Waals surface area contributed by atoms with Crippen molar-refractivity contribution in [2.24, 2.45) is 0 Å². The molecular formula is C16H13FN2O. The molecule has 2 aromatic carbocycles. The molecule has 1 aromatic heterocycles. The van der Waals surface area contributed by atoms with E-state index in [-0.39, 0.29) is 11.6 Å². The fourth-order valence-electron chi connectivity index (χ4n) is 2.21. The Hall–Kier alpha value is -2.62. The van der Waals surface area contributed by atoms with Gasteiger partial charge in [-0.05, 0) is 19.1 Å². The van der Waals surface area contributed by atoms with Gasteiger partial charge in [0.05, 0.1) is 5.56 Å². The number of aromatic nitrogens is 1. The predicted molar refractivity (Wildman–Crippen MR) is 76.5 cm³/mol. The van der Waals surface area contributed by atoms with Gasteiger partial charge in [-0.1, -0.05) is 47.1 Å². The van der Waals surface area contributed by atoms with Crippen LogP contribution in [0.25, 0.3) is 22.5 Å². The zero-order chi connectivity index (χ0) is 14.1. The maximum atomic E-state index is 14.0. The molecule has 0 spiro atoms. The van der Waals surface area contributed by atoms with Gasteiger partial charge in [0.25, 0.3) is 0 Å². The van der Waals surface area contributed by atoms with Gasteiger partial charge in [0.1, 0.15) is 5.82 Å². The van der Waals surface area contributed by atoms with Gasteiger partial charge in [0, 0.05) is 11.1 Å². The van der Waals surface area contributed by atoms with E-state index in [0.717, 1.165) is 11.1 Å². The van der Waals surface area contributed by atoms with Crippen LogP contribution in [0.5, 0.6) is 0 Å². The zero-order valence-electron chi connectivity index (χ0n) is 10.9. The molecule has 0 atom stereocenters. The highest BCUT2D eigenvalue weighted by molar-refractivity contribution is 5.86. The summed E-state index contributed by atoms with van der Waals surface area (Å²) in [5, 5.41) is 3.78. The molecule has 0 saturated carbocycles. The Morgan fingerprint density at radius 3 is 2.65 bits per heavy atom. The Bertz CT molecular complexity index is 765. The lowest BCUT2D eigenvalue weighted by Gasteiger charge is -2.04. The molecule has 0 aliphatic heterocycles. The van der Waals surface area contributed by atoms with Crippen LogP contribution in [-0.2, 0) is 0 Å². The number of hydrogen-bond donors (Lipinski definition) is 1. The number of nitrogens with zero attached hydrogens (tertiary/aromatic N) is 1. The molecular weight excluding hydrogens is 255 g/mol. The minimum Gasteiger partial charge on any atom is -0.380 e. The van der Waals surface area contributed by atoms with Crippen LogP contribution in [0.4, 0.5) is 10.2 Å². The van der Waals surface area contributed by atoms with Crippen molar-refractivity contribution >= 4 is 5.82 Å². The molecule has 3 aromatic rings. The second-order valence-electron chi connectivity index (χ2n) is 4.62. The van der Waals surface area contributed by atoms with E-state index in [1.807, 2.05) is 31.2 Å². The van der Waals surface area contributed by atoms with Crippen LogP contribution in [0.15, 0.2) is 53.1 Å². The first-order valence-electron chi connectivity index (χ1n) is 6.24. The molecule has 0 fully saturated rings. The minimum absolute atomic E-state index is 0.187. The summed E-state index contributed by atoms with van der Waals surface area (Å²) in [6, 6.07) is 14.2. The molecule has 0 saturated heterocycles. The molecule has 0 radical (unpaired) electrons. The first kappa shape index (κ1) is 12.4. The summed E-state index contributed by atoms with van der Waals surface area (Å²) < 4.78 is 19.3. The number of anilines is 1. The quantitative estimate of drug-likeness (QED) is 0.763. The lowest BCUT2D eigenvalue weighted by Crippen LogP contribution is -1.91. The summed E-state index contributed by atoms with van der Waals surface area (Å²) >= 11 is 0. The summed E-state index contributed by atoms with van der Waals surface area (Å²) in [7, 11) is 0. The largest absolute Gasteiger partial charge is 0.380 e. The molecule has 3 rings (SSSR count). The molecule has 0 unspecified atom stereocenters. The molecule has 0 aliphatic rings. The highest BCUT2D eigenvalue weighted by Gasteiger charge is 2.20. The van der Waals surface area contributed by atoms with Gasteiger partial charge in [-0.2, -0.15) is 0 Å². The molecule has 0 amide bonds. The fourth-order valence-corrected chi connectivity index (χ4v) is 2.21. The standard InChI is InChI=1S/C16H13FN2O/c1-10-5-4-6-11(9-10)15-14(16(18)19-20-15)12-7-2-3-8-13(12)17/h2-9H,1H3,(H2,18,19). The summed E-state index contributed by atoms with van der Waals surface area (Å²) in [6.07, 6.45) is 0. The topological polar surface area (TPSA) is 52.0 Å². The molecule has 3 nitrogen and oxygen atoms in total. The van der Waals surface area contributed by atoms with Crippen molar-refractivity contribution in [3.05, 3.63) is 59.9 Å². The van der Waals surface area contributed by atoms with E-state index in [1.54, 1.807) is 18.2 Å². The molecule has 1 heterocycles. The first-order valence-corrected chi connectivity index (χ1v) is 6.24. The predicted octanol–water partition coefficient (Wildman–Crippen LogP) is 4.04. The Balaban J connectivity index is 2.23. The van der Waals surface area contributed by atoms with Crippen molar-refractivity contribution in [1.29, 1.82) is 0 Å². The van der Waals surface area contributed by atoms with Crippen molar-refractivity contribution in [3.8, 4) is 22.5 Å². The fraction of sp³-hybridized carbons (Fsp3) is 0.0625. The van der Waals surface area contributed by atoms with Crippen molar-refractivity contribution in [3.63, 3.8) is 0 Å². The van der Waals surface area contributed by atoms with E-state index in [2.05, 4.69) is 5.16 Å². The number of hydrogen-bond acceptors (Lipinski definition) is 3. The van der Waals surface area contributed by atoms with Crippen molar-refractivity contribution < 1.29 is 8.91 Å². The number of benzene rings is 2. The van der Waals surface area contributed by atoms with E-state index in [4.69, 9.17) is 10.3 Å². The van der Waals surface area contributed by atoms with Crippen LogP contribution < -0.4 is 5.73 Å². The number of rotatable bonds is 2. The number of nitrogen functional groups attached to an aromatic ring is 1. The van der Waals surface area contributed by atoms with Crippen LogP contribution in [-0.4, -0.2) is 5.16 Å². The Morgan fingerprint density at radius 1 is 1.10 bits per heavy atom. The van der Waals surface area contributed by atoms with E-state index in [0.29, 0.717) is 16.9 Å². The van der Waals surface area contributed by atoms with Gasteiger partial charge < -0.3 is 10.3 Å². The maximum Gasteiger partial charge on any atom is 0.177 e. The van der Waals surface area contributed by atoms with Gasteiger partial charge >= 0.3 is 0 Å². The first-order chi connectivity index (χ1) is 9.66. The molecule has 2 N–H and O–H groups in total. The second kappa shape index (κ2) is 4.81. The van der Waals surface area contributed by atoms with Crippen LogP contribution in [0.2, 0.25) is 0 Å². The zero-order valence-corrected chi connectivity index (χ0v) is 10.9. The van der Waals surface area contributed by atoms with Gasteiger partial charge in [0.2, 0.25) is 0 Å². The van der Waals surface area contributed by atoms with Crippen molar-refractivity contribution in [2.75, 3.05) is 5.73 Å². The van der Waals surface area contributed by atoms with Crippen LogP contribution in [0, 0.1) is 12.7 Å².